The van der Waals surface area contributed by atoms with E-state index in [1.54, 1.807) is 7.11 Å². The summed E-state index contributed by atoms with van der Waals surface area (Å²) in [6.07, 6.45) is 4.92. The largest absolute Gasteiger partial charge is 0.488 e. The zero-order valence-corrected chi connectivity index (χ0v) is 9.78. The third kappa shape index (κ3) is 2.55. The van der Waals surface area contributed by atoms with Gasteiger partial charge in [-0.3, -0.25) is 4.79 Å². The number of hydrogen-bond acceptors (Lipinski definition) is 3. The highest BCUT2D eigenvalue weighted by atomic mass is 16.5. The van der Waals surface area contributed by atoms with Crippen LogP contribution in [-0.4, -0.2) is 44.2 Å². The summed E-state index contributed by atoms with van der Waals surface area (Å²) in [5.74, 6) is 1.08. The Balaban J connectivity index is 1.88. The summed E-state index contributed by atoms with van der Waals surface area (Å²) >= 11 is 0. The van der Waals surface area contributed by atoms with Crippen LogP contribution in [0.15, 0.2) is 11.8 Å². The van der Waals surface area contributed by atoms with E-state index >= 15 is 0 Å². The molecular formula is C12H19NO3. The molecule has 1 saturated heterocycles. The molecule has 0 aromatic rings. The first-order chi connectivity index (χ1) is 7.81. The van der Waals surface area contributed by atoms with Crippen LogP contribution < -0.4 is 0 Å². The molecule has 90 valence electrons. The van der Waals surface area contributed by atoms with Gasteiger partial charge in [-0.15, -0.1) is 0 Å². The van der Waals surface area contributed by atoms with Gasteiger partial charge in [0.25, 0.3) is 5.91 Å². The van der Waals surface area contributed by atoms with Crippen molar-refractivity contribution >= 4 is 5.91 Å². The molecule has 1 atom stereocenters. The molecule has 0 N–H and O–H groups in total. The minimum Gasteiger partial charge on any atom is -0.488 e. The van der Waals surface area contributed by atoms with Crippen molar-refractivity contribution in [2.45, 2.75) is 19.3 Å². The van der Waals surface area contributed by atoms with E-state index < -0.39 is 0 Å². The third-order valence-electron chi connectivity index (χ3n) is 3.12. The van der Waals surface area contributed by atoms with Crippen LogP contribution in [0.1, 0.15) is 19.3 Å². The fraction of sp³-hybridized carbons (Fsp3) is 0.750. The zero-order valence-electron chi connectivity index (χ0n) is 9.78. The Morgan fingerprint density at radius 1 is 1.69 bits per heavy atom. The van der Waals surface area contributed by atoms with Gasteiger partial charge in [-0.2, -0.15) is 0 Å². The molecule has 0 bridgehead atoms. The van der Waals surface area contributed by atoms with Crippen LogP contribution in [0.25, 0.3) is 0 Å². The molecular weight excluding hydrogens is 206 g/mol. The number of hydrogen-bond donors (Lipinski definition) is 0. The van der Waals surface area contributed by atoms with Gasteiger partial charge in [-0.05, 0) is 25.3 Å². The molecule has 16 heavy (non-hydrogen) atoms. The maximum absolute atomic E-state index is 12.0. The summed E-state index contributed by atoms with van der Waals surface area (Å²) in [6.45, 7) is 3.04. The predicted octanol–water partition coefficient (Wildman–Crippen LogP) is 1.18. The third-order valence-corrected chi connectivity index (χ3v) is 3.12. The highest BCUT2D eigenvalue weighted by molar-refractivity contribution is 5.91. The van der Waals surface area contributed by atoms with Crippen LogP contribution in [0.5, 0.6) is 0 Å². The van der Waals surface area contributed by atoms with Gasteiger partial charge in [-0.25, -0.2) is 0 Å². The molecule has 2 heterocycles. The second-order valence-electron chi connectivity index (χ2n) is 4.42. The Labute approximate surface area is 96.2 Å². The Bertz CT molecular complexity index is 288. The summed E-state index contributed by atoms with van der Waals surface area (Å²) < 4.78 is 10.5. The standard InChI is InChI=1S/C12H19NO3/c1-15-9-10-5-6-13(8-10)12(14)11-4-2-3-7-16-11/h4,10H,2-3,5-9H2,1H3. The molecule has 4 nitrogen and oxygen atoms in total. The molecule has 0 saturated carbocycles. The number of allylic oxidation sites excluding steroid dienone is 1. The van der Waals surface area contributed by atoms with Gasteiger partial charge in [0.15, 0.2) is 5.76 Å². The predicted molar refractivity (Wildman–Crippen MR) is 59.8 cm³/mol. The van der Waals surface area contributed by atoms with E-state index in [0.29, 0.717) is 18.3 Å². The molecule has 4 heteroatoms. The van der Waals surface area contributed by atoms with E-state index in [4.69, 9.17) is 9.47 Å². The van der Waals surface area contributed by atoms with Crippen LogP contribution in [0.2, 0.25) is 0 Å². The van der Waals surface area contributed by atoms with E-state index in [1.165, 1.54) is 0 Å². The lowest BCUT2D eigenvalue weighted by molar-refractivity contribution is -0.130. The maximum atomic E-state index is 12.0. The van der Waals surface area contributed by atoms with E-state index in [9.17, 15) is 4.79 Å². The molecule has 2 aliphatic heterocycles. The van der Waals surface area contributed by atoms with E-state index in [0.717, 1.165) is 39.0 Å². The Morgan fingerprint density at radius 3 is 3.25 bits per heavy atom. The highest BCUT2D eigenvalue weighted by Crippen LogP contribution is 2.20. The zero-order chi connectivity index (χ0) is 11.4. The number of carbonyl (C=O) groups is 1. The molecule has 1 amide bonds. The molecule has 1 fully saturated rings. The molecule has 0 aromatic carbocycles. The number of methoxy groups -OCH3 is 1. The van der Waals surface area contributed by atoms with E-state index in [2.05, 4.69) is 0 Å². The number of carbonyl (C=O) groups excluding carboxylic acids is 1. The second-order valence-corrected chi connectivity index (χ2v) is 4.42. The van der Waals surface area contributed by atoms with Crippen LogP contribution >= 0.6 is 0 Å². The van der Waals surface area contributed by atoms with Crippen molar-refractivity contribution in [3.05, 3.63) is 11.8 Å². The van der Waals surface area contributed by atoms with Crippen molar-refractivity contribution in [2.24, 2.45) is 5.92 Å². The summed E-state index contributed by atoms with van der Waals surface area (Å²) in [5.41, 5.74) is 0. The van der Waals surface area contributed by atoms with Gasteiger partial charge in [-0.1, -0.05) is 0 Å². The van der Waals surface area contributed by atoms with Gasteiger partial charge >= 0.3 is 0 Å². The lowest BCUT2D eigenvalue weighted by Crippen LogP contribution is -2.32. The van der Waals surface area contributed by atoms with E-state index in [1.807, 2.05) is 11.0 Å². The SMILES string of the molecule is COCC1CCN(C(=O)C2=CCCCO2)C1. The number of rotatable bonds is 3. The average Bonchev–Trinajstić information content (AvgIpc) is 2.78. The minimum absolute atomic E-state index is 0.0540. The summed E-state index contributed by atoms with van der Waals surface area (Å²) in [4.78, 5) is 13.9. The molecule has 0 radical (unpaired) electrons. The molecule has 2 aliphatic rings. The Hall–Kier alpha value is -1.03. The van der Waals surface area contributed by atoms with Crippen molar-refractivity contribution in [1.82, 2.24) is 4.90 Å². The normalized spacial score (nSPS) is 25.2. The fourth-order valence-corrected chi connectivity index (χ4v) is 2.25. The van der Waals surface area contributed by atoms with Gasteiger partial charge in [0.05, 0.1) is 13.2 Å². The van der Waals surface area contributed by atoms with Crippen LogP contribution in [-0.2, 0) is 14.3 Å². The van der Waals surface area contributed by atoms with Crippen LogP contribution in [0.3, 0.4) is 0 Å². The van der Waals surface area contributed by atoms with Gasteiger partial charge < -0.3 is 14.4 Å². The van der Waals surface area contributed by atoms with Gasteiger partial charge in [0.2, 0.25) is 0 Å². The first kappa shape index (κ1) is 11.5. The van der Waals surface area contributed by atoms with Crippen LogP contribution in [0, 0.1) is 5.92 Å². The number of likely N-dealkylation sites (tertiary alicyclic amines) is 1. The second kappa shape index (κ2) is 5.34. The van der Waals surface area contributed by atoms with Crippen molar-refractivity contribution in [2.75, 3.05) is 33.4 Å². The van der Waals surface area contributed by atoms with Crippen molar-refractivity contribution < 1.29 is 14.3 Å². The monoisotopic (exact) mass is 225 g/mol. The lowest BCUT2D eigenvalue weighted by atomic mass is 10.1. The molecule has 0 aliphatic carbocycles. The average molecular weight is 225 g/mol. The summed E-state index contributed by atoms with van der Waals surface area (Å²) in [6, 6.07) is 0. The number of nitrogens with zero attached hydrogens (tertiary/aromatic N) is 1. The minimum atomic E-state index is 0.0540. The molecule has 0 spiro atoms. The molecule has 0 aromatic heterocycles. The smallest absolute Gasteiger partial charge is 0.288 e. The van der Waals surface area contributed by atoms with Crippen molar-refractivity contribution in [1.29, 1.82) is 0 Å². The molecule has 2 rings (SSSR count). The fourth-order valence-electron chi connectivity index (χ4n) is 2.25. The Morgan fingerprint density at radius 2 is 2.56 bits per heavy atom. The maximum Gasteiger partial charge on any atom is 0.288 e. The highest BCUT2D eigenvalue weighted by Gasteiger charge is 2.29. The van der Waals surface area contributed by atoms with Gasteiger partial charge in [0.1, 0.15) is 0 Å². The first-order valence-electron chi connectivity index (χ1n) is 5.92. The quantitative estimate of drug-likeness (QED) is 0.724. The summed E-state index contributed by atoms with van der Waals surface area (Å²) in [5, 5.41) is 0. The van der Waals surface area contributed by atoms with E-state index in [-0.39, 0.29) is 5.91 Å². The number of amides is 1. The van der Waals surface area contributed by atoms with Crippen molar-refractivity contribution in [3.63, 3.8) is 0 Å². The first-order valence-corrected chi connectivity index (χ1v) is 5.92. The van der Waals surface area contributed by atoms with Gasteiger partial charge in [0, 0.05) is 26.1 Å². The van der Waals surface area contributed by atoms with Crippen LogP contribution in [0.4, 0.5) is 0 Å². The summed E-state index contributed by atoms with van der Waals surface area (Å²) in [7, 11) is 1.71. The topological polar surface area (TPSA) is 38.8 Å². The molecule has 1 unspecified atom stereocenters. The lowest BCUT2D eigenvalue weighted by Gasteiger charge is -2.20. The van der Waals surface area contributed by atoms with Crippen molar-refractivity contribution in [3.8, 4) is 0 Å². The number of ether oxygens (including phenoxy) is 2. The Kier molecular flexibility index (Phi) is 3.83.